The van der Waals surface area contributed by atoms with Gasteiger partial charge in [-0.25, -0.2) is 0 Å². The first-order valence-corrected chi connectivity index (χ1v) is 6.49. The maximum Gasteiger partial charge on any atom is -0.000890 e. The van der Waals surface area contributed by atoms with Gasteiger partial charge in [-0.1, -0.05) is 73.6 Å². The summed E-state index contributed by atoms with van der Waals surface area (Å²) in [7, 11) is 0. The lowest BCUT2D eigenvalue weighted by Gasteiger charge is -2.33. The lowest BCUT2D eigenvalue weighted by Crippen LogP contribution is -2.24. The van der Waals surface area contributed by atoms with Gasteiger partial charge in [0, 0.05) is 0 Å². The number of benzene rings is 1. The van der Waals surface area contributed by atoms with Crippen LogP contribution >= 0.6 is 0 Å². The highest BCUT2D eigenvalue weighted by atomic mass is 14.3. The molecule has 0 heteroatoms. The van der Waals surface area contributed by atoms with E-state index in [1.54, 1.807) is 0 Å². The van der Waals surface area contributed by atoms with Crippen molar-refractivity contribution in [1.82, 2.24) is 0 Å². The minimum absolute atomic E-state index is 0.191. The van der Waals surface area contributed by atoms with E-state index < -0.39 is 0 Å². The molecule has 0 aliphatic heterocycles. The molecule has 0 unspecified atom stereocenters. The van der Waals surface area contributed by atoms with E-state index in [9.17, 15) is 0 Å². The van der Waals surface area contributed by atoms with Crippen LogP contribution in [0.5, 0.6) is 0 Å². The molecular weight excluding hydrogens is 204 g/mol. The molecular formula is C17H27. The molecule has 0 aromatic heterocycles. The van der Waals surface area contributed by atoms with Gasteiger partial charge < -0.3 is 0 Å². The average molecular weight is 231 g/mol. The zero-order chi connectivity index (χ0) is 13.4. The first-order valence-electron chi connectivity index (χ1n) is 6.49. The molecule has 0 saturated carbocycles. The average Bonchev–Trinajstić information content (AvgIpc) is 2.13. The molecule has 0 N–H and O–H groups in total. The van der Waals surface area contributed by atoms with E-state index in [0.29, 0.717) is 0 Å². The zero-order valence-electron chi connectivity index (χ0n) is 12.7. The molecule has 1 aromatic rings. The fourth-order valence-electron chi connectivity index (χ4n) is 2.40. The quantitative estimate of drug-likeness (QED) is 0.619. The van der Waals surface area contributed by atoms with Crippen LogP contribution in [0.25, 0.3) is 0 Å². The van der Waals surface area contributed by atoms with Crippen LogP contribution in [0.4, 0.5) is 0 Å². The fraction of sp³-hybridized carbons (Fsp3) is 0.588. The van der Waals surface area contributed by atoms with Crippen molar-refractivity contribution in [3.05, 3.63) is 40.8 Å². The molecule has 1 aromatic carbocycles. The molecule has 1 radical (unpaired) electrons. The molecule has 17 heavy (non-hydrogen) atoms. The van der Waals surface area contributed by atoms with Gasteiger partial charge >= 0.3 is 0 Å². The van der Waals surface area contributed by atoms with Crippen molar-refractivity contribution < 1.29 is 0 Å². The summed E-state index contributed by atoms with van der Waals surface area (Å²) < 4.78 is 0. The molecule has 1 rings (SSSR count). The Labute approximate surface area is 107 Å². The summed E-state index contributed by atoms with van der Waals surface area (Å²) in [5.74, 6) is 1.40. The van der Waals surface area contributed by atoms with Gasteiger partial charge in [0.25, 0.3) is 0 Å². The Morgan fingerprint density at radius 3 is 1.71 bits per heavy atom. The fourth-order valence-corrected chi connectivity index (χ4v) is 2.40. The van der Waals surface area contributed by atoms with Gasteiger partial charge in [0.1, 0.15) is 0 Å². The van der Waals surface area contributed by atoms with Gasteiger partial charge in [0.05, 0.1) is 0 Å². The molecule has 0 nitrogen and oxygen atoms in total. The maximum absolute atomic E-state index is 2.31. The second kappa shape index (κ2) is 4.48. The van der Waals surface area contributed by atoms with E-state index >= 15 is 0 Å². The van der Waals surface area contributed by atoms with E-state index in [1.165, 1.54) is 22.6 Å². The molecule has 95 valence electrons. The van der Waals surface area contributed by atoms with Gasteiger partial charge in [0.2, 0.25) is 0 Å². The van der Waals surface area contributed by atoms with Crippen molar-refractivity contribution in [2.24, 2.45) is 0 Å². The Bertz CT molecular complexity index is 383. The largest absolute Gasteiger partial charge is 0.0617 e. The predicted octanol–water partition coefficient (Wildman–Crippen LogP) is 5.24. The third-order valence-corrected chi connectivity index (χ3v) is 3.16. The van der Waals surface area contributed by atoms with Crippen LogP contribution < -0.4 is 0 Å². The van der Waals surface area contributed by atoms with Gasteiger partial charge in [0.15, 0.2) is 0 Å². The van der Waals surface area contributed by atoms with Crippen LogP contribution in [0.3, 0.4) is 0 Å². The number of hydrogen-bond donors (Lipinski definition) is 0. The lowest BCUT2D eigenvalue weighted by atomic mass is 9.71. The molecule has 0 bridgehead atoms. The van der Waals surface area contributed by atoms with Crippen LogP contribution in [-0.2, 0) is 10.8 Å². The Morgan fingerprint density at radius 1 is 0.824 bits per heavy atom. The summed E-state index contributed by atoms with van der Waals surface area (Å²) in [5, 5.41) is 0. The van der Waals surface area contributed by atoms with Crippen LogP contribution in [-0.4, -0.2) is 0 Å². The predicted molar refractivity (Wildman–Crippen MR) is 77.5 cm³/mol. The van der Waals surface area contributed by atoms with E-state index in [-0.39, 0.29) is 10.8 Å². The first-order chi connectivity index (χ1) is 7.55. The van der Waals surface area contributed by atoms with E-state index in [0.717, 1.165) is 0 Å². The van der Waals surface area contributed by atoms with Gasteiger partial charge in [-0.15, -0.1) is 0 Å². The Hall–Kier alpha value is -0.780. The molecule has 0 aliphatic carbocycles. The van der Waals surface area contributed by atoms with Crippen molar-refractivity contribution >= 4 is 0 Å². The summed E-state index contributed by atoms with van der Waals surface area (Å²) in [5.41, 5.74) is 4.80. The summed E-state index contributed by atoms with van der Waals surface area (Å²) in [6.07, 6.45) is 0. The highest BCUT2D eigenvalue weighted by Crippen LogP contribution is 2.38. The third-order valence-electron chi connectivity index (χ3n) is 3.16. The zero-order valence-corrected chi connectivity index (χ0v) is 12.7. The molecule has 0 amide bonds. The topological polar surface area (TPSA) is 0 Å². The standard InChI is InChI=1S/C17H27/c1-12(2)13-10-9-11-14(16(3,4)5)15(13)17(6,7)8/h9-11H,1-8H3. The van der Waals surface area contributed by atoms with Gasteiger partial charge in [-0.05, 0) is 33.4 Å². The monoisotopic (exact) mass is 231 g/mol. The van der Waals surface area contributed by atoms with Crippen molar-refractivity contribution in [3.63, 3.8) is 0 Å². The van der Waals surface area contributed by atoms with E-state index in [1.807, 2.05) is 0 Å². The van der Waals surface area contributed by atoms with Crippen molar-refractivity contribution in [1.29, 1.82) is 0 Å². The summed E-state index contributed by atoms with van der Waals surface area (Å²) in [6, 6.07) is 6.73. The highest BCUT2D eigenvalue weighted by Gasteiger charge is 2.27. The maximum atomic E-state index is 2.31. The number of rotatable bonds is 1. The second-order valence-corrected chi connectivity index (χ2v) is 7.23. The van der Waals surface area contributed by atoms with Crippen LogP contribution in [0.1, 0.15) is 72.1 Å². The van der Waals surface area contributed by atoms with Crippen molar-refractivity contribution in [2.75, 3.05) is 0 Å². The normalized spacial score (nSPS) is 13.2. The van der Waals surface area contributed by atoms with E-state index in [4.69, 9.17) is 0 Å². The highest BCUT2D eigenvalue weighted by molar-refractivity contribution is 5.48. The third kappa shape index (κ3) is 3.12. The second-order valence-electron chi connectivity index (χ2n) is 7.23. The van der Waals surface area contributed by atoms with E-state index in [2.05, 4.69) is 73.6 Å². The Kier molecular flexibility index (Phi) is 3.76. The van der Waals surface area contributed by atoms with Gasteiger partial charge in [-0.3, -0.25) is 0 Å². The Balaban J connectivity index is 3.58. The molecule has 0 saturated heterocycles. The lowest BCUT2D eigenvalue weighted by molar-refractivity contribution is 0.526. The molecule has 0 aliphatic rings. The smallest absolute Gasteiger partial charge is 0.000890 e. The van der Waals surface area contributed by atoms with Crippen molar-refractivity contribution in [2.45, 2.75) is 66.2 Å². The van der Waals surface area contributed by atoms with Crippen LogP contribution in [0.15, 0.2) is 18.2 Å². The van der Waals surface area contributed by atoms with Crippen molar-refractivity contribution in [3.8, 4) is 0 Å². The SMILES string of the molecule is C[C](C)c1cccc(C(C)(C)C)c1C(C)(C)C. The van der Waals surface area contributed by atoms with Crippen LogP contribution in [0.2, 0.25) is 0 Å². The Morgan fingerprint density at radius 2 is 1.35 bits per heavy atom. The summed E-state index contributed by atoms with van der Waals surface area (Å²) in [6.45, 7) is 18.2. The molecule has 0 heterocycles. The minimum atomic E-state index is 0.191. The first kappa shape index (κ1) is 14.3. The summed E-state index contributed by atoms with van der Waals surface area (Å²) >= 11 is 0. The van der Waals surface area contributed by atoms with Gasteiger partial charge in [-0.2, -0.15) is 0 Å². The minimum Gasteiger partial charge on any atom is -0.0617 e. The van der Waals surface area contributed by atoms with Crippen LogP contribution in [0, 0.1) is 5.92 Å². The molecule has 0 spiro atoms. The number of hydrogen-bond acceptors (Lipinski definition) is 0. The molecule has 0 atom stereocenters. The summed E-state index contributed by atoms with van der Waals surface area (Å²) in [4.78, 5) is 0. The molecule has 0 fully saturated rings.